The average molecular weight is 341 g/mol. The molecule has 0 amide bonds. The number of hydrogen-bond donors (Lipinski definition) is 1. The van der Waals surface area contributed by atoms with Gasteiger partial charge in [-0.3, -0.25) is 0 Å². The molecule has 0 radical (unpaired) electrons. The van der Waals surface area contributed by atoms with Crippen molar-refractivity contribution in [2.24, 2.45) is 0 Å². The van der Waals surface area contributed by atoms with Crippen LogP contribution in [0.2, 0.25) is 0 Å². The molecule has 0 spiro atoms. The Hall–Kier alpha value is -0.720. The number of hydrogen-bond acceptors (Lipinski definition) is 4. The van der Waals surface area contributed by atoms with Gasteiger partial charge in [-0.05, 0) is 0 Å². The third-order valence-electron chi connectivity index (χ3n) is 1.90. The van der Waals surface area contributed by atoms with Gasteiger partial charge in [0.15, 0.2) is 0 Å². The number of nitrogens with zero attached hydrogens (tertiary/aromatic N) is 1. The molecule has 0 fully saturated rings. The van der Waals surface area contributed by atoms with E-state index >= 15 is 0 Å². The van der Waals surface area contributed by atoms with Gasteiger partial charge in [0.25, 0.3) is 0 Å². The van der Waals surface area contributed by atoms with E-state index in [2.05, 4.69) is 4.98 Å². The lowest BCUT2D eigenvalue weighted by molar-refractivity contribution is -0.134. The van der Waals surface area contributed by atoms with Crippen LogP contribution in [0.15, 0.2) is 4.34 Å². The Balaban J connectivity index is 2.81. The number of aromatic nitrogens is 1. The van der Waals surface area contributed by atoms with Crippen LogP contribution in [0.1, 0.15) is 9.75 Å². The first-order valence-corrected chi connectivity index (χ1v) is 6.94. The fourth-order valence-electron chi connectivity index (χ4n) is 1.26. The minimum absolute atomic E-state index is 0.125. The molecule has 0 aromatic carbocycles. The summed E-state index contributed by atoms with van der Waals surface area (Å²) in [5.41, 5.74) is -0.938. The number of halogens is 6. The van der Waals surface area contributed by atoms with E-state index in [0.717, 1.165) is 0 Å². The van der Waals surface area contributed by atoms with Crippen molar-refractivity contribution < 1.29 is 35.1 Å². The van der Waals surface area contributed by atoms with Crippen molar-refractivity contribution in [2.75, 3.05) is 0 Å². The fraction of sp³-hybridized carbons (Fsp3) is 0.286. The van der Waals surface area contributed by atoms with Crippen LogP contribution < -0.4 is 0 Å². The molecule has 2 aromatic rings. The van der Waals surface area contributed by atoms with Crippen LogP contribution in [0.4, 0.5) is 26.3 Å². The first-order chi connectivity index (χ1) is 8.51. The predicted octanol–water partition coefficient (Wildman–Crippen LogP) is 3.98. The Morgan fingerprint density at radius 2 is 1.53 bits per heavy atom. The highest BCUT2D eigenvalue weighted by Crippen LogP contribution is 2.49. The van der Waals surface area contributed by atoms with E-state index in [0.29, 0.717) is 0 Å². The molecule has 2 aromatic heterocycles. The van der Waals surface area contributed by atoms with Crippen molar-refractivity contribution in [1.29, 1.82) is 0 Å². The summed E-state index contributed by atoms with van der Waals surface area (Å²) >= 11 is -3.08. The van der Waals surface area contributed by atoms with Crippen LogP contribution in [-0.2, 0) is 23.4 Å². The second-order valence-corrected chi connectivity index (χ2v) is 6.33. The van der Waals surface area contributed by atoms with Crippen LogP contribution in [0.25, 0.3) is 10.2 Å². The van der Waals surface area contributed by atoms with Crippen LogP contribution >= 0.6 is 22.7 Å². The Labute approximate surface area is 111 Å². The quantitative estimate of drug-likeness (QED) is 0.631. The molecule has 0 aliphatic heterocycles. The van der Waals surface area contributed by atoms with E-state index < -0.39 is 59.1 Å². The number of rotatable bonds is 1. The first-order valence-electron chi connectivity index (χ1n) is 4.20. The van der Waals surface area contributed by atoms with Crippen molar-refractivity contribution in [3.8, 4) is 0 Å². The van der Waals surface area contributed by atoms with Crippen molar-refractivity contribution in [3.63, 3.8) is 0 Å². The highest BCUT2D eigenvalue weighted by Gasteiger charge is 2.44. The summed E-state index contributed by atoms with van der Waals surface area (Å²) < 4.78 is 93.5. The highest BCUT2D eigenvalue weighted by atomic mass is 32.2. The molecule has 0 saturated heterocycles. The van der Waals surface area contributed by atoms with Gasteiger partial charge in [0, 0.05) is 0 Å². The van der Waals surface area contributed by atoms with E-state index in [1.165, 1.54) is 0 Å². The highest BCUT2D eigenvalue weighted by molar-refractivity contribution is 7.81. The Bertz CT molecular complexity index is 608. The first kappa shape index (κ1) is 14.7. The summed E-state index contributed by atoms with van der Waals surface area (Å²) in [7, 11) is 0. The van der Waals surface area contributed by atoms with E-state index in [1.807, 2.05) is 0 Å². The monoisotopic (exact) mass is 341 g/mol. The molecule has 0 aliphatic carbocycles. The molecule has 12 heteroatoms. The number of thiazole rings is 1. The van der Waals surface area contributed by atoms with Gasteiger partial charge < -0.3 is 4.55 Å². The fourth-order valence-corrected chi connectivity index (χ4v) is 3.91. The van der Waals surface area contributed by atoms with Gasteiger partial charge in [0.2, 0.25) is 15.4 Å². The summed E-state index contributed by atoms with van der Waals surface area (Å²) in [6, 6.07) is 0. The molecule has 106 valence electrons. The standard InChI is InChI=1S/C7HF6NO2S3/c8-6(9,10)3-1-2(4(18-3)7(11,12)13)17-5(14-1)19(15)16/h(H,15,16). The van der Waals surface area contributed by atoms with Crippen molar-refractivity contribution in [1.82, 2.24) is 4.98 Å². The van der Waals surface area contributed by atoms with Gasteiger partial charge in [-0.15, -0.1) is 22.7 Å². The summed E-state index contributed by atoms with van der Waals surface area (Å²) in [5.74, 6) is 0. The van der Waals surface area contributed by atoms with E-state index in [-0.39, 0.29) is 11.3 Å². The van der Waals surface area contributed by atoms with Crippen LogP contribution in [-0.4, -0.2) is 13.7 Å². The minimum Gasteiger partial charge on any atom is -0.300 e. The molecule has 3 nitrogen and oxygen atoms in total. The smallest absolute Gasteiger partial charge is 0.300 e. The zero-order valence-corrected chi connectivity index (χ0v) is 10.7. The SMILES string of the molecule is O=S(O)c1nc2c(C(F)(F)F)sc(C(F)(F)F)c2s1. The lowest BCUT2D eigenvalue weighted by Crippen LogP contribution is -2.03. The molecule has 1 N–H and O–H groups in total. The van der Waals surface area contributed by atoms with Crippen LogP contribution in [0, 0.1) is 0 Å². The largest absolute Gasteiger partial charge is 0.427 e. The van der Waals surface area contributed by atoms with E-state index in [9.17, 15) is 30.6 Å². The van der Waals surface area contributed by atoms with Crippen LogP contribution in [0.3, 0.4) is 0 Å². The van der Waals surface area contributed by atoms with Gasteiger partial charge >= 0.3 is 12.4 Å². The number of alkyl halides is 6. The minimum atomic E-state index is -5.01. The zero-order valence-electron chi connectivity index (χ0n) is 8.30. The molecular formula is C7HF6NO2S3. The van der Waals surface area contributed by atoms with Crippen molar-refractivity contribution in [3.05, 3.63) is 9.75 Å². The third-order valence-corrected chi connectivity index (χ3v) is 5.23. The molecule has 2 rings (SSSR count). The second kappa shape index (κ2) is 4.40. The third kappa shape index (κ3) is 2.61. The maximum absolute atomic E-state index is 12.6. The predicted molar refractivity (Wildman–Crippen MR) is 56.5 cm³/mol. The average Bonchev–Trinajstić information content (AvgIpc) is 2.68. The molecule has 0 saturated carbocycles. The number of thiophene rings is 1. The van der Waals surface area contributed by atoms with Gasteiger partial charge in [-0.25, -0.2) is 9.19 Å². The lowest BCUT2D eigenvalue weighted by Gasteiger charge is -2.03. The summed E-state index contributed by atoms with van der Waals surface area (Å²) in [5, 5.41) is 0. The molecule has 2 heterocycles. The normalized spacial score (nSPS) is 15.1. The molecule has 0 aliphatic rings. The summed E-state index contributed by atoms with van der Waals surface area (Å²) in [6.07, 6.45) is -9.98. The zero-order chi connectivity index (χ0) is 14.6. The Morgan fingerprint density at radius 3 is 1.95 bits per heavy atom. The topological polar surface area (TPSA) is 50.2 Å². The Morgan fingerprint density at radius 1 is 1.00 bits per heavy atom. The molecular weight excluding hydrogens is 340 g/mol. The van der Waals surface area contributed by atoms with Crippen LogP contribution in [0.5, 0.6) is 0 Å². The van der Waals surface area contributed by atoms with E-state index in [1.54, 1.807) is 0 Å². The lowest BCUT2D eigenvalue weighted by atomic mass is 10.3. The van der Waals surface area contributed by atoms with Gasteiger partial charge in [-0.1, -0.05) is 0 Å². The Kier molecular flexibility index (Phi) is 3.40. The molecule has 19 heavy (non-hydrogen) atoms. The van der Waals surface area contributed by atoms with E-state index in [4.69, 9.17) is 4.55 Å². The molecule has 1 atom stereocenters. The molecule has 0 bridgehead atoms. The van der Waals surface area contributed by atoms with Crippen molar-refractivity contribution >= 4 is 44.0 Å². The maximum atomic E-state index is 12.6. The molecule has 1 unspecified atom stereocenters. The van der Waals surface area contributed by atoms with Gasteiger partial charge in [0.05, 0.1) is 4.70 Å². The number of fused-ring (bicyclic) bond motifs is 1. The summed E-state index contributed by atoms with van der Waals surface area (Å²) in [6.45, 7) is 0. The van der Waals surface area contributed by atoms with Gasteiger partial charge in [-0.2, -0.15) is 26.3 Å². The van der Waals surface area contributed by atoms with Crippen molar-refractivity contribution in [2.45, 2.75) is 16.7 Å². The maximum Gasteiger partial charge on any atom is 0.427 e. The summed E-state index contributed by atoms with van der Waals surface area (Å²) in [4.78, 5) is 0.178. The van der Waals surface area contributed by atoms with Gasteiger partial charge in [0.1, 0.15) is 15.3 Å². The second-order valence-electron chi connectivity index (χ2n) is 3.16.